The van der Waals surface area contributed by atoms with Crippen molar-refractivity contribution in [3.63, 3.8) is 0 Å². The summed E-state index contributed by atoms with van der Waals surface area (Å²) in [6.45, 7) is 0. The first-order chi connectivity index (χ1) is 7.27. The van der Waals surface area contributed by atoms with Gasteiger partial charge in [0.15, 0.2) is 5.78 Å². The van der Waals surface area contributed by atoms with Gasteiger partial charge in [0.05, 0.1) is 5.69 Å². The van der Waals surface area contributed by atoms with E-state index in [0.717, 1.165) is 6.42 Å². The van der Waals surface area contributed by atoms with Gasteiger partial charge in [-0.05, 0) is 25.0 Å². The van der Waals surface area contributed by atoms with Crippen LogP contribution < -0.4 is 5.23 Å². The minimum absolute atomic E-state index is 0.0602. The molecule has 1 atom stereocenters. The summed E-state index contributed by atoms with van der Waals surface area (Å²) in [5, 5.41) is 10.2. The Morgan fingerprint density at radius 3 is 2.67 bits per heavy atom. The van der Waals surface area contributed by atoms with E-state index >= 15 is 0 Å². The summed E-state index contributed by atoms with van der Waals surface area (Å²) in [5.74, 6) is 0.0602. The summed E-state index contributed by atoms with van der Waals surface area (Å²) in [5.41, 5.74) is 0.525. The van der Waals surface area contributed by atoms with E-state index in [-0.39, 0.29) is 5.78 Å². The SMILES string of the molecule is O=C1CCCC1ON(O)c1ccccc1. The molecule has 1 fully saturated rings. The van der Waals surface area contributed by atoms with Crippen molar-refractivity contribution in [2.75, 3.05) is 5.23 Å². The minimum Gasteiger partial charge on any atom is -0.297 e. The van der Waals surface area contributed by atoms with Gasteiger partial charge in [-0.3, -0.25) is 10.0 Å². The molecule has 4 nitrogen and oxygen atoms in total. The van der Waals surface area contributed by atoms with Gasteiger partial charge in [-0.1, -0.05) is 18.2 Å². The van der Waals surface area contributed by atoms with E-state index in [1.807, 2.05) is 6.07 Å². The molecule has 4 heteroatoms. The molecule has 1 aliphatic rings. The highest BCUT2D eigenvalue weighted by Gasteiger charge is 2.27. The van der Waals surface area contributed by atoms with Crippen LogP contribution in [0.4, 0.5) is 5.69 Å². The zero-order valence-electron chi connectivity index (χ0n) is 8.30. The van der Waals surface area contributed by atoms with Gasteiger partial charge in [-0.2, -0.15) is 0 Å². The molecule has 1 N–H and O–H groups in total. The molecular formula is C11H13NO3. The molecule has 1 aromatic rings. The smallest absolute Gasteiger partial charge is 0.164 e. The van der Waals surface area contributed by atoms with Crippen LogP contribution in [0.1, 0.15) is 19.3 Å². The molecular weight excluding hydrogens is 194 g/mol. The van der Waals surface area contributed by atoms with Crippen LogP contribution in [0.25, 0.3) is 0 Å². The number of ketones is 1. The van der Waals surface area contributed by atoms with Crippen LogP contribution in [-0.2, 0) is 9.63 Å². The maximum atomic E-state index is 11.3. The van der Waals surface area contributed by atoms with E-state index in [0.29, 0.717) is 23.8 Å². The van der Waals surface area contributed by atoms with Crippen LogP contribution in [0, 0.1) is 0 Å². The van der Waals surface area contributed by atoms with Gasteiger partial charge < -0.3 is 0 Å². The Labute approximate surface area is 88.0 Å². The quantitative estimate of drug-likeness (QED) is 0.769. The number of anilines is 1. The molecule has 2 rings (SSSR count). The Balaban J connectivity index is 1.98. The Morgan fingerprint density at radius 2 is 2.07 bits per heavy atom. The number of benzene rings is 1. The first-order valence-corrected chi connectivity index (χ1v) is 5.01. The summed E-state index contributed by atoms with van der Waals surface area (Å²) in [6, 6.07) is 8.84. The zero-order chi connectivity index (χ0) is 10.7. The van der Waals surface area contributed by atoms with E-state index in [2.05, 4.69) is 0 Å². The van der Waals surface area contributed by atoms with E-state index in [1.54, 1.807) is 24.3 Å². The van der Waals surface area contributed by atoms with Crippen molar-refractivity contribution in [1.29, 1.82) is 0 Å². The number of rotatable bonds is 3. The van der Waals surface area contributed by atoms with Gasteiger partial charge in [0.2, 0.25) is 0 Å². The molecule has 0 aromatic heterocycles. The molecule has 0 spiro atoms. The molecule has 15 heavy (non-hydrogen) atoms. The molecule has 0 saturated heterocycles. The lowest BCUT2D eigenvalue weighted by molar-refractivity contribution is -0.138. The van der Waals surface area contributed by atoms with Gasteiger partial charge in [0, 0.05) is 6.42 Å². The lowest BCUT2D eigenvalue weighted by Gasteiger charge is -2.19. The first kappa shape index (κ1) is 10.1. The van der Waals surface area contributed by atoms with Crippen LogP contribution in [0.15, 0.2) is 30.3 Å². The third-order valence-electron chi connectivity index (χ3n) is 2.45. The molecule has 0 aliphatic heterocycles. The van der Waals surface area contributed by atoms with E-state index < -0.39 is 6.10 Å². The van der Waals surface area contributed by atoms with Gasteiger partial charge in [0.25, 0.3) is 0 Å². The number of hydrogen-bond acceptors (Lipinski definition) is 4. The number of carbonyl (C=O) groups is 1. The second kappa shape index (κ2) is 4.42. The van der Waals surface area contributed by atoms with Crippen molar-refractivity contribution in [2.45, 2.75) is 25.4 Å². The molecule has 1 aliphatic carbocycles. The second-order valence-electron chi connectivity index (χ2n) is 3.56. The largest absolute Gasteiger partial charge is 0.297 e. The van der Waals surface area contributed by atoms with Gasteiger partial charge in [-0.25, -0.2) is 4.84 Å². The summed E-state index contributed by atoms with van der Waals surface area (Å²) in [7, 11) is 0. The Hall–Kier alpha value is -1.39. The average molecular weight is 207 g/mol. The molecule has 0 radical (unpaired) electrons. The number of nitrogens with zero attached hydrogens (tertiary/aromatic N) is 1. The van der Waals surface area contributed by atoms with Crippen LogP contribution in [-0.4, -0.2) is 17.1 Å². The standard InChI is InChI=1S/C11H13NO3/c13-10-7-4-8-11(10)15-12(14)9-5-2-1-3-6-9/h1-3,5-6,11,14H,4,7-8H2. The monoisotopic (exact) mass is 207 g/mol. The number of carbonyl (C=O) groups excluding carboxylic acids is 1. The molecule has 1 saturated carbocycles. The predicted octanol–water partition coefficient (Wildman–Crippen LogP) is 1.94. The maximum Gasteiger partial charge on any atom is 0.164 e. The van der Waals surface area contributed by atoms with Crippen LogP contribution in [0.5, 0.6) is 0 Å². The lowest BCUT2D eigenvalue weighted by Crippen LogP contribution is -2.29. The lowest BCUT2D eigenvalue weighted by atomic mass is 10.3. The van der Waals surface area contributed by atoms with E-state index in [9.17, 15) is 10.0 Å². The fourth-order valence-electron chi connectivity index (χ4n) is 1.63. The molecule has 1 aromatic carbocycles. The third-order valence-corrected chi connectivity index (χ3v) is 2.45. The van der Waals surface area contributed by atoms with Crippen molar-refractivity contribution < 1.29 is 14.8 Å². The molecule has 1 unspecified atom stereocenters. The summed E-state index contributed by atoms with van der Waals surface area (Å²) < 4.78 is 0. The highest BCUT2D eigenvalue weighted by Crippen LogP contribution is 2.21. The highest BCUT2D eigenvalue weighted by atomic mass is 16.9. The molecule has 0 bridgehead atoms. The van der Waals surface area contributed by atoms with Gasteiger partial charge in [-0.15, -0.1) is 5.23 Å². The van der Waals surface area contributed by atoms with Gasteiger partial charge in [0.1, 0.15) is 6.10 Å². The van der Waals surface area contributed by atoms with Crippen LogP contribution in [0.2, 0.25) is 0 Å². The zero-order valence-corrected chi connectivity index (χ0v) is 8.30. The highest BCUT2D eigenvalue weighted by molar-refractivity contribution is 5.85. The number of Topliss-reactive ketones (excluding diaryl/α,β-unsaturated/α-hetero) is 1. The van der Waals surface area contributed by atoms with E-state index in [4.69, 9.17) is 4.84 Å². The van der Waals surface area contributed by atoms with Crippen molar-refractivity contribution in [3.05, 3.63) is 30.3 Å². The topological polar surface area (TPSA) is 49.8 Å². The summed E-state index contributed by atoms with van der Waals surface area (Å²) in [6.07, 6.45) is 1.58. The molecule has 0 heterocycles. The first-order valence-electron chi connectivity index (χ1n) is 5.01. The van der Waals surface area contributed by atoms with Crippen molar-refractivity contribution >= 4 is 11.5 Å². The average Bonchev–Trinajstić information content (AvgIpc) is 2.66. The number of hydrogen-bond donors (Lipinski definition) is 1. The Kier molecular flexibility index (Phi) is 2.99. The fraction of sp³-hybridized carbons (Fsp3) is 0.364. The summed E-state index contributed by atoms with van der Waals surface area (Å²) in [4.78, 5) is 16.4. The molecule has 80 valence electrons. The number of para-hydroxylation sites is 1. The normalized spacial score (nSPS) is 20.6. The Bertz CT molecular complexity index is 339. The maximum absolute atomic E-state index is 11.3. The van der Waals surface area contributed by atoms with Crippen molar-refractivity contribution in [2.24, 2.45) is 0 Å². The second-order valence-corrected chi connectivity index (χ2v) is 3.56. The predicted molar refractivity (Wildman–Crippen MR) is 54.4 cm³/mol. The fourth-order valence-corrected chi connectivity index (χ4v) is 1.63. The van der Waals surface area contributed by atoms with Crippen LogP contribution >= 0.6 is 0 Å². The van der Waals surface area contributed by atoms with E-state index in [1.165, 1.54) is 0 Å². The summed E-state index contributed by atoms with van der Waals surface area (Å²) >= 11 is 0. The van der Waals surface area contributed by atoms with Gasteiger partial charge >= 0.3 is 0 Å². The van der Waals surface area contributed by atoms with Crippen molar-refractivity contribution in [3.8, 4) is 0 Å². The van der Waals surface area contributed by atoms with Crippen molar-refractivity contribution in [1.82, 2.24) is 0 Å². The third kappa shape index (κ3) is 2.34. The minimum atomic E-state index is -0.491. The molecule has 0 amide bonds. The van der Waals surface area contributed by atoms with Crippen LogP contribution in [0.3, 0.4) is 0 Å². The Morgan fingerprint density at radius 1 is 1.33 bits per heavy atom.